The van der Waals surface area contributed by atoms with E-state index in [1.165, 1.54) is 18.5 Å². The first-order chi connectivity index (χ1) is 17.4. The number of aromatic nitrogens is 2. The molecule has 9 nitrogen and oxygen atoms in total. The fourth-order valence-corrected chi connectivity index (χ4v) is 4.88. The molecule has 5 rings (SSSR count). The third-order valence-corrected chi connectivity index (χ3v) is 6.96. The minimum absolute atomic E-state index is 0.0186. The lowest BCUT2D eigenvalue weighted by atomic mass is 10.1. The van der Waals surface area contributed by atoms with Crippen LogP contribution in [0.5, 0.6) is 5.75 Å². The Labute approximate surface area is 213 Å². The summed E-state index contributed by atoms with van der Waals surface area (Å²) in [6, 6.07) is 8.13. The zero-order chi connectivity index (χ0) is 25.2. The molecule has 2 aromatic carbocycles. The number of benzene rings is 2. The van der Waals surface area contributed by atoms with Gasteiger partial charge in [-0.2, -0.15) is 0 Å². The highest BCUT2D eigenvalue weighted by molar-refractivity contribution is 6.31. The van der Waals surface area contributed by atoms with Gasteiger partial charge in [-0.1, -0.05) is 18.5 Å². The molecule has 2 aliphatic heterocycles. The summed E-state index contributed by atoms with van der Waals surface area (Å²) in [6.07, 6.45) is 2.55. The van der Waals surface area contributed by atoms with Crippen LogP contribution >= 0.6 is 11.6 Å². The number of nitrogens with zero attached hydrogens (tertiary/aromatic N) is 4. The third-order valence-electron chi connectivity index (χ3n) is 6.67. The molecular formula is C25H28ClFN6O3. The molecule has 2 fully saturated rings. The number of nitrogens with one attached hydrogen (secondary N) is 1. The molecular weight excluding hydrogens is 487 g/mol. The van der Waals surface area contributed by atoms with E-state index in [9.17, 15) is 9.18 Å². The number of rotatable bonds is 7. The van der Waals surface area contributed by atoms with Gasteiger partial charge in [-0.3, -0.25) is 14.6 Å². The summed E-state index contributed by atoms with van der Waals surface area (Å²) in [7, 11) is 0. The lowest BCUT2D eigenvalue weighted by Crippen LogP contribution is -2.54. The highest BCUT2D eigenvalue weighted by Crippen LogP contribution is 2.33. The van der Waals surface area contributed by atoms with Crippen LogP contribution in [-0.4, -0.2) is 70.8 Å². The zero-order valence-corrected chi connectivity index (χ0v) is 20.7. The number of cyclic esters (lactones) is 1. The average Bonchev–Trinajstić information content (AvgIpc) is 3.32. The van der Waals surface area contributed by atoms with Gasteiger partial charge in [0, 0.05) is 43.3 Å². The maximum Gasteiger partial charge on any atom is 0.307 e. The average molecular weight is 515 g/mol. The van der Waals surface area contributed by atoms with Crippen LogP contribution < -0.4 is 15.8 Å². The molecule has 2 atom stereocenters. The van der Waals surface area contributed by atoms with Crippen LogP contribution in [0, 0.1) is 5.82 Å². The normalized spacial score (nSPS) is 19.9. The molecule has 1 aromatic heterocycles. The molecule has 0 spiro atoms. The van der Waals surface area contributed by atoms with Gasteiger partial charge in [0.05, 0.1) is 28.7 Å². The van der Waals surface area contributed by atoms with Gasteiger partial charge in [0.25, 0.3) is 0 Å². The van der Waals surface area contributed by atoms with Crippen molar-refractivity contribution in [2.75, 3.05) is 43.8 Å². The van der Waals surface area contributed by atoms with Gasteiger partial charge in [0.2, 0.25) is 0 Å². The monoisotopic (exact) mass is 514 g/mol. The van der Waals surface area contributed by atoms with Crippen molar-refractivity contribution in [2.24, 2.45) is 0 Å². The van der Waals surface area contributed by atoms with Crippen LogP contribution in [-0.2, 0) is 9.53 Å². The number of halogens is 2. The molecule has 0 radical (unpaired) electrons. The maximum absolute atomic E-state index is 13.5. The van der Waals surface area contributed by atoms with Crippen LogP contribution in [0.2, 0.25) is 5.02 Å². The molecule has 3 N–H and O–H groups in total. The van der Waals surface area contributed by atoms with E-state index in [0.717, 1.165) is 32.6 Å². The fraction of sp³-hybridized carbons (Fsp3) is 0.400. The van der Waals surface area contributed by atoms with Gasteiger partial charge >= 0.3 is 5.97 Å². The highest BCUT2D eigenvalue weighted by atomic mass is 35.5. The van der Waals surface area contributed by atoms with Crippen LogP contribution in [0.15, 0.2) is 36.7 Å². The number of piperazine rings is 1. The Morgan fingerprint density at radius 1 is 1.25 bits per heavy atom. The van der Waals surface area contributed by atoms with E-state index in [1.807, 2.05) is 6.07 Å². The van der Waals surface area contributed by atoms with Crippen LogP contribution in [0.1, 0.15) is 19.8 Å². The number of carbonyl (C=O) groups is 1. The Bertz CT molecular complexity index is 1270. The second-order valence-electron chi connectivity index (χ2n) is 8.98. The lowest BCUT2D eigenvalue weighted by molar-refractivity contribution is -0.137. The van der Waals surface area contributed by atoms with Crippen LogP contribution in [0.4, 0.5) is 21.6 Å². The number of esters is 1. The van der Waals surface area contributed by atoms with Crippen molar-refractivity contribution in [1.29, 1.82) is 0 Å². The largest absolute Gasteiger partial charge is 0.473 e. The second-order valence-corrected chi connectivity index (χ2v) is 9.38. The Kier molecular flexibility index (Phi) is 7.08. The topological polar surface area (TPSA) is 106 Å². The van der Waals surface area contributed by atoms with Gasteiger partial charge in [-0.05, 0) is 30.7 Å². The summed E-state index contributed by atoms with van der Waals surface area (Å²) in [5.74, 6) is 0.474. The smallest absolute Gasteiger partial charge is 0.307 e. The van der Waals surface area contributed by atoms with E-state index in [-0.39, 0.29) is 23.3 Å². The van der Waals surface area contributed by atoms with Gasteiger partial charge in [0.1, 0.15) is 30.3 Å². The van der Waals surface area contributed by atoms with Crippen molar-refractivity contribution in [3.63, 3.8) is 0 Å². The molecule has 2 unspecified atom stereocenters. The maximum atomic E-state index is 13.5. The van der Waals surface area contributed by atoms with Gasteiger partial charge < -0.3 is 20.5 Å². The molecule has 36 heavy (non-hydrogen) atoms. The molecule has 190 valence electrons. The summed E-state index contributed by atoms with van der Waals surface area (Å²) >= 11 is 5.91. The molecule has 0 saturated carbocycles. The van der Waals surface area contributed by atoms with Crippen molar-refractivity contribution >= 4 is 45.7 Å². The van der Waals surface area contributed by atoms with E-state index >= 15 is 0 Å². The first-order valence-electron chi connectivity index (χ1n) is 12.0. The Hall–Kier alpha value is -3.21. The summed E-state index contributed by atoms with van der Waals surface area (Å²) < 4.78 is 25.0. The van der Waals surface area contributed by atoms with Gasteiger partial charge in [-0.15, -0.1) is 0 Å². The third kappa shape index (κ3) is 5.16. The molecule has 3 heterocycles. The second kappa shape index (κ2) is 10.4. The molecule has 2 saturated heterocycles. The zero-order valence-electron chi connectivity index (χ0n) is 19.9. The minimum atomic E-state index is -0.490. The number of fused-ring (bicyclic) bond motifs is 1. The van der Waals surface area contributed by atoms with Crippen molar-refractivity contribution in [3.8, 4) is 5.75 Å². The SMILES string of the molecule is CCC(Oc1cc2ncnc(Nc3ccc(F)c(Cl)c3)c2cc1N)N1CCN(C2COC(=O)C2)CC1. The number of anilines is 3. The number of nitrogen functional groups attached to an aromatic ring is 1. The van der Waals surface area contributed by atoms with E-state index in [4.69, 9.17) is 26.8 Å². The molecule has 2 aliphatic rings. The number of nitrogens with two attached hydrogens (primary N) is 1. The molecule has 0 aliphatic carbocycles. The van der Waals surface area contributed by atoms with E-state index in [1.54, 1.807) is 12.1 Å². The van der Waals surface area contributed by atoms with Gasteiger partial charge in [0.15, 0.2) is 6.23 Å². The van der Waals surface area contributed by atoms with Crippen molar-refractivity contribution in [1.82, 2.24) is 19.8 Å². The van der Waals surface area contributed by atoms with E-state index in [0.29, 0.717) is 46.9 Å². The van der Waals surface area contributed by atoms with Crippen molar-refractivity contribution < 1.29 is 18.7 Å². The standard InChI is InChI=1S/C25H28ClFN6O3/c1-2-23(33-7-5-32(6-8-33)16-10-24(34)35-13-16)36-22-12-21-17(11-20(22)28)25(30-14-29-21)31-15-3-4-19(27)18(26)9-15/h3-4,9,11-12,14,16,23H,2,5-8,10,13,28H2,1H3,(H,29,30,31). The molecule has 0 bridgehead atoms. The molecule has 11 heteroatoms. The quantitative estimate of drug-likeness (QED) is 0.359. The number of carbonyl (C=O) groups excluding carboxylic acids is 1. The predicted molar refractivity (Wildman–Crippen MR) is 136 cm³/mol. The summed E-state index contributed by atoms with van der Waals surface area (Å²) in [6.45, 7) is 5.91. The van der Waals surface area contributed by atoms with Crippen LogP contribution in [0.3, 0.4) is 0 Å². The molecule has 0 amide bonds. The van der Waals surface area contributed by atoms with Crippen LogP contribution in [0.25, 0.3) is 10.9 Å². The van der Waals surface area contributed by atoms with E-state index in [2.05, 4.69) is 32.0 Å². The number of hydrogen-bond acceptors (Lipinski definition) is 9. The summed E-state index contributed by atoms with van der Waals surface area (Å²) in [5.41, 5.74) is 8.12. The Morgan fingerprint density at radius 2 is 2.06 bits per heavy atom. The van der Waals surface area contributed by atoms with Crippen molar-refractivity contribution in [3.05, 3.63) is 47.5 Å². The number of ether oxygens (including phenoxy) is 2. The van der Waals surface area contributed by atoms with Crippen molar-refractivity contribution in [2.45, 2.75) is 32.0 Å². The van der Waals surface area contributed by atoms with E-state index < -0.39 is 5.82 Å². The van der Waals surface area contributed by atoms with Gasteiger partial charge in [-0.25, -0.2) is 14.4 Å². The first kappa shape index (κ1) is 24.5. The predicted octanol–water partition coefficient (Wildman–Crippen LogP) is 3.80. The summed E-state index contributed by atoms with van der Waals surface area (Å²) in [5, 5.41) is 3.88. The summed E-state index contributed by atoms with van der Waals surface area (Å²) in [4.78, 5) is 24.8. The number of hydrogen-bond donors (Lipinski definition) is 2. The first-order valence-corrected chi connectivity index (χ1v) is 12.4. The Balaban J connectivity index is 1.29. The minimum Gasteiger partial charge on any atom is -0.473 e. The Morgan fingerprint density at radius 3 is 2.75 bits per heavy atom. The molecule has 3 aromatic rings. The highest BCUT2D eigenvalue weighted by Gasteiger charge is 2.33. The fourth-order valence-electron chi connectivity index (χ4n) is 4.70. The lowest BCUT2D eigenvalue weighted by Gasteiger charge is -2.40.